The zero-order valence-electron chi connectivity index (χ0n) is 19.7. The average molecular weight is 470 g/mol. The average Bonchev–Trinajstić information content (AvgIpc) is 2.89. The van der Waals surface area contributed by atoms with Crippen molar-refractivity contribution < 1.29 is 19.0 Å². The van der Waals surface area contributed by atoms with Crippen molar-refractivity contribution in [2.75, 3.05) is 26.1 Å². The Morgan fingerprint density at radius 1 is 0.886 bits per heavy atom. The van der Waals surface area contributed by atoms with Gasteiger partial charge in [-0.15, -0.1) is 0 Å². The smallest absolute Gasteiger partial charge is 0.228 e. The van der Waals surface area contributed by atoms with Crippen LogP contribution in [0.15, 0.2) is 85.2 Å². The molecule has 0 aliphatic rings. The number of hydrogen-bond acceptors (Lipinski definition) is 6. The van der Waals surface area contributed by atoms with Crippen molar-refractivity contribution in [3.8, 4) is 28.6 Å². The SMILES string of the molecule is COc1ccc(CCOc2cccc(-c3cccc(NC(=O)Cc4cccnc4)c3)n2)cc1OC. The lowest BCUT2D eigenvalue weighted by atomic mass is 10.1. The van der Waals surface area contributed by atoms with Gasteiger partial charge >= 0.3 is 0 Å². The van der Waals surface area contributed by atoms with Crippen molar-refractivity contribution in [1.29, 1.82) is 0 Å². The highest BCUT2D eigenvalue weighted by Crippen LogP contribution is 2.28. The van der Waals surface area contributed by atoms with Crippen molar-refractivity contribution in [1.82, 2.24) is 9.97 Å². The molecule has 35 heavy (non-hydrogen) atoms. The summed E-state index contributed by atoms with van der Waals surface area (Å²) >= 11 is 0. The van der Waals surface area contributed by atoms with Gasteiger partial charge in [0.2, 0.25) is 11.8 Å². The third kappa shape index (κ3) is 6.57. The number of carbonyl (C=O) groups is 1. The van der Waals surface area contributed by atoms with E-state index in [9.17, 15) is 4.79 Å². The topological polar surface area (TPSA) is 82.6 Å². The fraction of sp³-hybridized carbons (Fsp3) is 0.179. The predicted octanol–water partition coefficient (Wildman–Crippen LogP) is 4.96. The number of methoxy groups -OCH3 is 2. The number of nitrogens with zero attached hydrogens (tertiary/aromatic N) is 2. The van der Waals surface area contributed by atoms with E-state index >= 15 is 0 Å². The fourth-order valence-corrected chi connectivity index (χ4v) is 3.62. The van der Waals surface area contributed by atoms with Gasteiger partial charge in [0.1, 0.15) is 0 Å². The molecule has 0 atom stereocenters. The van der Waals surface area contributed by atoms with Crippen LogP contribution in [0, 0.1) is 0 Å². The first-order valence-corrected chi connectivity index (χ1v) is 11.2. The van der Waals surface area contributed by atoms with E-state index in [0.29, 0.717) is 36.1 Å². The standard InChI is InChI=1S/C28H27N3O4/c1-33-25-12-11-20(16-26(25)34-2)13-15-35-28-10-4-9-24(31-28)22-7-3-8-23(18-22)30-27(32)17-21-6-5-14-29-19-21/h3-12,14,16,18-19H,13,15,17H2,1-2H3,(H,30,32). The zero-order valence-corrected chi connectivity index (χ0v) is 19.7. The molecule has 0 aliphatic heterocycles. The summed E-state index contributed by atoms with van der Waals surface area (Å²) in [6.07, 6.45) is 4.34. The summed E-state index contributed by atoms with van der Waals surface area (Å²) in [5.74, 6) is 1.82. The maximum Gasteiger partial charge on any atom is 0.228 e. The summed E-state index contributed by atoms with van der Waals surface area (Å²) in [6, 6.07) is 22.8. The van der Waals surface area contributed by atoms with E-state index in [2.05, 4.69) is 15.3 Å². The van der Waals surface area contributed by atoms with Crippen LogP contribution in [0.3, 0.4) is 0 Å². The van der Waals surface area contributed by atoms with Crippen LogP contribution in [-0.4, -0.2) is 36.7 Å². The third-order valence-corrected chi connectivity index (χ3v) is 5.34. The van der Waals surface area contributed by atoms with E-state index in [4.69, 9.17) is 14.2 Å². The van der Waals surface area contributed by atoms with E-state index in [1.807, 2.05) is 72.8 Å². The van der Waals surface area contributed by atoms with Crippen molar-refractivity contribution in [2.24, 2.45) is 0 Å². The Morgan fingerprint density at radius 3 is 2.54 bits per heavy atom. The molecule has 2 aromatic heterocycles. The number of aromatic nitrogens is 2. The molecule has 1 amide bonds. The molecule has 1 N–H and O–H groups in total. The second-order valence-corrected chi connectivity index (χ2v) is 7.82. The van der Waals surface area contributed by atoms with Gasteiger partial charge < -0.3 is 19.5 Å². The van der Waals surface area contributed by atoms with Crippen LogP contribution in [-0.2, 0) is 17.6 Å². The zero-order chi connectivity index (χ0) is 24.5. The molecular weight excluding hydrogens is 442 g/mol. The third-order valence-electron chi connectivity index (χ3n) is 5.34. The van der Waals surface area contributed by atoms with E-state index in [-0.39, 0.29) is 12.3 Å². The monoisotopic (exact) mass is 469 g/mol. The molecule has 7 nitrogen and oxygen atoms in total. The molecule has 7 heteroatoms. The van der Waals surface area contributed by atoms with E-state index < -0.39 is 0 Å². The first-order valence-electron chi connectivity index (χ1n) is 11.2. The van der Waals surface area contributed by atoms with Gasteiger partial charge in [-0.2, -0.15) is 0 Å². The molecule has 0 aliphatic carbocycles. The van der Waals surface area contributed by atoms with Crippen molar-refractivity contribution >= 4 is 11.6 Å². The molecule has 2 heterocycles. The van der Waals surface area contributed by atoms with Crippen LogP contribution in [0.4, 0.5) is 5.69 Å². The molecule has 0 bridgehead atoms. The number of benzene rings is 2. The van der Waals surface area contributed by atoms with Gasteiger partial charge in [-0.1, -0.05) is 30.3 Å². The minimum Gasteiger partial charge on any atom is -0.493 e. The van der Waals surface area contributed by atoms with Gasteiger partial charge in [-0.05, 0) is 47.5 Å². The van der Waals surface area contributed by atoms with Crippen molar-refractivity contribution in [3.05, 3.63) is 96.3 Å². The maximum atomic E-state index is 12.4. The number of ether oxygens (including phenoxy) is 3. The number of nitrogens with one attached hydrogen (secondary N) is 1. The molecule has 0 fully saturated rings. The maximum absolute atomic E-state index is 12.4. The van der Waals surface area contributed by atoms with Crippen LogP contribution >= 0.6 is 0 Å². The van der Waals surface area contributed by atoms with Gasteiger partial charge in [-0.25, -0.2) is 4.98 Å². The second-order valence-electron chi connectivity index (χ2n) is 7.82. The molecule has 0 unspecified atom stereocenters. The summed E-state index contributed by atoms with van der Waals surface area (Å²) < 4.78 is 16.6. The van der Waals surface area contributed by atoms with E-state index in [1.54, 1.807) is 26.6 Å². The Hall–Kier alpha value is -4.39. The first kappa shape index (κ1) is 23.8. The summed E-state index contributed by atoms with van der Waals surface area (Å²) in [5, 5.41) is 2.94. The van der Waals surface area contributed by atoms with Gasteiger partial charge in [0.15, 0.2) is 11.5 Å². The summed E-state index contributed by atoms with van der Waals surface area (Å²) in [7, 11) is 3.24. The molecule has 0 saturated carbocycles. The summed E-state index contributed by atoms with van der Waals surface area (Å²) in [6.45, 7) is 0.469. The number of rotatable bonds is 10. The summed E-state index contributed by atoms with van der Waals surface area (Å²) in [5.41, 5.74) is 4.29. The number of pyridine rings is 2. The lowest BCUT2D eigenvalue weighted by Gasteiger charge is -2.11. The van der Waals surface area contributed by atoms with Crippen LogP contribution in [0.1, 0.15) is 11.1 Å². The minimum atomic E-state index is -0.102. The highest BCUT2D eigenvalue weighted by molar-refractivity contribution is 5.92. The van der Waals surface area contributed by atoms with Gasteiger partial charge in [0.25, 0.3) is 0 Å². The Kier molecular flexibility index (Phi) is 7.91. The number of hydrogen-bond donors (Lipinski definition) is 1. The molecule has 4 aromatic rings. The highest BCUT2D eigenvalue weighted by Gasteiger charge is 2.08. The predicted molar refractivity (Wildman–Crippen MR) is 135 cm³/mol. The van der Waals surface area contributed by atoms with Crippen LogP contribution in [0.25, 0.3) is 11.3 Å². The number of amides is 1. The molecule has 0 radical (unpaired) electrons. The summed E-state index contributed by atoms with van der Waals surface area (Å²) in [4.78, 5) is 21.1. The fourth-order valence-electron chi connectivity index (χ4n) is 3.62. The van der Waals surface area contributed by atoms with E-state index in [0.717, 1.165) is 22.4 Å². The van der Waals surface area contributed by atoms with Crippen LogP contribution in [0.2, 0.25) is 0 Å². The Balaban J connectivity index is 1.37. The molecule has 4 rings (SSSR count). The Bertz CT molecular complexity index is 1280. The van der Waals surface area contributed by atoms with Crippen LogP contribution < -0.4 is 19.5 Å². The molecule has 2 aromatic carbocycles. The van der Waals surface area contributed by atoms with Crippen molar-refractivity contribution in [2.45, 2.75) is 12.8 Å². The molecule has 0 saturated heterocycles. The second kappa shape index (κ2) is 11.7. The largest absolute Gasteiger partial charge is 0.493 e. The van der Waals surface area contributed by atoms with Gasteiger partial charge in [0.05, 0.1) is 32.9 Å². The minimum absolute atomic E-state index is 0.102. The van der Waals surface area contributed by atoms with Gasteiger partial charge in [-0.3, -0.25) is 9.78 Å². The number of carbonyl (C=O) groups excluding carboxylic acids is 1. The molecule has 0 spiro atoms. The normalized spacial score (nSPS) is 10.5. The quantitative estimate of drug-likeness (QED) is 0.353. The van der Waals surface area contributed by atoms with Crippen LogP contribution in [0.5, 0.6) is 17.4 Å². The Morgan fingerprint density at radius 2 is 1.74 bits per heavy atom. The first-order chi connectivity index (χ1) is 17.1. The van der Waals surface area contributed by atoms with E-state index in [1.165, 1.54) is 0 Å². The lowest BCUT2D eigenvalue weighted by Crippen LogP contribution is -2.14. The number of anilines is 1. The van der Waals surface area contributed by atoms with Gasteiger partial charge in [0, 0.05) is 36.1 Å². The Labute approximate surface area is 204 Å². The lowest BCUT2D eigenvalue weighted by molar-refractivity contribution is -0.115. The molecule has 178 valence electrons. The molecular formula is C28H27N3O4. The van der Waals surface area contributed by atoms with Crippen molar-refractivity contribution in [3.63, 3.8) is 0 Å². The highest BCUT2D eigenvalue weighted by atomic mass is 16.5.